The van der Waals surface area contributed by atoms with Gasteiger partial charge in [0, 0.05) is 36.5 Å². The van der Waals surface area contributed by atoms with Crippen molar-refractivity contribution in [3.63, 3.8) is 0 Å². The molecule has 0 spiro atoms. The molecule has 1 N–H and O–H groups in total. The zero-order chi connectivity index (χ0) is 24.1. The number of benzene rings is 1. The molecule has 1 aliphatic heterocycles. The fourth-order valence-electron chi connectivity index (χ4n) is 4.32. The molecule has 4 rings (SSSR count). The van der Waals surface area contributed by atoms with Crippen molar-refractivity contribution in [1.29, 1.82) is 5.26 Å². The average Bonchev–Trinajstić information content (AvgIpc) is 3.32. The zero-order valence-corrected chi connectivity index (χ0v) is 20.0. The van der Waals surface area contributed by atoms with Gasteiger partial charge in [-0.15, -0.1) is 0 Å². The summed E-state index contributed by atoms with van der Waals surface area (Å²) in [6, 6.07) is 9.99. The van der Waals surface area contributed by atoms with Crippen molar-refractivity contribution < 1.29 is 4.79 Å². The van der Waals surface area contributed by atoms with Crippen molar-refractivity contribution in [2.45, 2.75) is 45.6 Å². The van der Waals surface area contributed by atoms with Crippen LogP contribution in [0.5, 0.6) is 0 Å². The van der Waals surface area contributed by atoms with Gasteiger partial charge in [0.1, 0.15) is 0 Å². The Balaban J connectivity index is 1.47. The number of piperidine rings is 1. The minimum absolute atomic E-state index is 0.0112. The van der Waals surface area contributed by atoms with Crippen molar-refractivity contribution in [1.82, 2.24) is 24.6 Å². The molecule has 0 amide bonds. The molecule has 0 saturated carbocycles. The summed E-state index contributed by atoms with van der Waals surface area (Å²) in [5, 5.41) is 16.9. The van der Waals surface area contributed by atoms with Gasteiger partial charge in [-0.05, 0) is 45.3 Å². The topological polar surface area (TPSA) is 99.7 Å². The molecule has 1 aliphatic rings. The van der Waals surface area contributed by atoms with Crippen LogP contribution in [0.4, 0.5) is 11.6 Å². The number of aromatic nitrogens is 4. The summed E-state index contributed by atoms with van der Waals surface area (Å²) in [5.74, 6) is 0.247. The van der Waals surface area contributed by atoms with Gasteiger partial charge in [0.15, 0.2) is 5.78 Å². The van der Waals surface area contributed by atoms with Crippen LogP contribution in [0.2, 0.25) is 0 Å². The van der Waals surface area contributed by atoms with Crippen LogP contribution in [0.25, 0.3) is 11.3 Å². The number of likely N-dealkylation sites (N-methyl/N-ethyl adjacent to an activating group) is 1. The van der Waals surface area contributed by atoms with Crippen molar-refractivity contribution in [3.8, 4) is 17.3 Å². The van der Waals surface area contributed by atoms with Gasteiger partial charge in [0.25, 0.3) is 0 Å². The first kappa shape index (κ1) is 23.6. The van der Waals surface area contributed by atoms with E-state index in [1.807, 2.05) is 55.2 Å². The monoisotopic (exact) mass is 457 g/mol. The van der Waals surface area contributed by atoms with Crippen molar-refractivity contribution in [2.75, 3.05) is 25.5 Å². The summed E-state index contributed by atoms with van der Waals surface area (Å²) in [4.78, 5) is 24.0. The highest BCUT2D eigenvalue weighted by Gasteiger charge is 2.20. The number of Topliss-reactive ketones (excluding diaryl/α,β-unsaturated/α-hetero) is 1. The largest absolute Gasteiger partial charge is 0.321 e. The van der Waals surface area contributed by atoms with Gasteiger partial charge in [0.05, 0.1) is 35.6 Å². The second-order valence-electron chi connectivity index (χ2n) is 9.06. The maximum atomic E-state index is 12.5. The van der Waals surface area contributed by atoms with E-state index in [1.54, 1.807) is 6.20 Å². The molecule has 34 heavy (non-hydrogen) atoms. The first-order valence-corrected chi connectivity index (χ1v) is 11.8. The van der Waals surface area contributed by atoms with E-state index in [2.05, 4.69) is 33.4 Å². The van der Waals surface area contributed by atoms with Gasteiger partial charge in [-0.1, -0.05) is 31.2 Å². The molecule has 0 bridgehead atoms. The molecule has 1 unspecified atom stereocenters. The Labute approximate surface area is 200 Å². The van der Waals surface area contributed by atoms with Gasteiger partial charge in [0.2, 0.25) is 5.95 Å². The van der Waals surface area contributed by atoms with E-state index in [1.165, 1.54) is 6.42 Å². The minimum Gasteiger partial charge on any atom is -0.321 e. The number of likely N-dealkylation sites (tertiary alicyclic amines) is 1. The number of hydrogen-bond acceptors (Lipinski definition) is 7. The molecule has 2 aromatic heterocycles. The highest BCUT2D eigenvalue weighted by atomic mass is 16.1. The molecule has 8 nitrogen and oxygen atoms in total. The van der Waals surface area contributed by atoms with E-state index in [4.69, 9.17) is 10.2 Å². The van der Waals surface area contributed by atoms with E-state index < -0.39 is 0 Å². The van der Waals surface area contributed by atoms with Crippen LogP contribution in [0, 0.1) is 24.2 Å². The molecule has 176 valence electrons. The quantitative estimate of drug-likeness (QED) is 0.486. The van der Waals surface area contributed by atoms with Crippen LogP contribution in [-0.2, 0) is 0 Å². The van der Waals surface area contributed by atoms with Crippen molar-refractivity contribution in [3.05, 3.63) is 54.0 Å². The third-order valence-corrected chi connectivity index (χ3v) is 6.39. The van der Waals surface area contributed by atoms with E-state index in [9.17, 15) is 4.79 Å². The summed E-state index contributed by atoms with van der Waals surface area (Å²) in [6.07, 6.45) is 8.84. The second-order valence-corrected chi connectivity index (χ2v) is 9.06. The van der Waals surface area contributed by atoms with E-state index in [-0.39, 0.29) is 18.1 Å². The van der Waals surface area contributed by atoms with E-state index in [0.717, 1.165) is 42.0 Å². The molecule has 1 saturated heterocycles. The third kappa shape index (κ3) is 5.49. The van der Waals surface area contributed by atoms with Crippen LogP contribution in [0.3, 0.4) is 0 Å². The highest BCUT2D eigenvalue weighted by molar-refractivity contribution is 5.96. The maximum absolute atomic E-state index is 12.5. The maximum Gasteiger partial charge on any atom is 0.227 e. The number of nitriles is 1. The zero-order valence-electron chi connectivity index (χ0n) is 20.0. The summed E-state index contributed by atoms with van der Waals surface area (Å²) >= 11 is 0. The molecular weight excluding hydrogens is 426 g/mol. The van der Waals surface area contributed by atoms with Gasteiger partial charge < -0.3 is 10.2 Å². The van der Waals surface area contributed by atoms with Crippen LogP contribution >= 0.6 is 0 Å². The Morgan fingerprint density at radius 3 is 2.79 bits per heavy atom. The lowest BCUT2D eigenvalue weighted by molar-refractivity contribution is 0.0969. The summed E-state index contributed by atoms with van der Waals surface area (Å²) in [5.41, 5.74) is 4.13. The highest BCUT2D eigenvalue weighted by Crippen LogP contribution is 2.25. The molecule has 3 aromatic rings. The SMILES string of the molecule is CC[C@@H](C#N)CC(=O)c1ccc(-c2nc(Nc3cnn(C4CCCN(C)C4)c3)ncc2C)cc1. The molecule has 8 heteroatoms. The van der Waals surface area contributed by atoms with Crippen molar-refractivity contribution >= 4 is 17.4 Å². The third-order valence-electron chi connectivity index (χ3n) is 6.39. The number of hydrogen-bond donors (Lipinski definition) is 1. The number of anilines is 2. The Hall–Kier alpha value is -3.57. The second kappa shape index (κ2) is 10.6. The Kier molecular flexibility index (Phi) is 7.33. The van der Waals surface area contributed by atoms with Crippen LogP contribution in [0.1, 0.15) is 54.6 Å². The number of nitrogens with zero attached hydrogens (tertiary/aromatic N) is 6. The summed E-state index contributed by atoms with van der Waals surface area (Å²) in [7, 11) is 2.15. The molecule has 1 fully saturated rings. The Morgan fingerprint density at radius 1 is 1.29 bits per heavy atom. The predicted octanol–water partition coefficient (Wildman–Crippen LogP) is 4.78. The van der Waals surface area contributed by atoms with Gasteiger partial charge >= 0.3 is 0 Å². The summed E-state index contributed by atoms with van der Waals surface area (Å²) < 4.78 is 2.03. The predicted molar refractivity (Wildman–Crippen MR) is 132 cm³/mol. The number of ketones is 1. The van der Waals surface area contributed by atoms with Gasteiger partial charge in [-0.2, -0.15) is 10.4 Å². The number of aryl methyl sites for hydroxylation is 1. The minimum atomic E-state index is -0.242. The number of rotatable bonds is 8. The van der Waals surface area contributed by atoms with Crippen LogP contribution < -0.4 is 5.32 Å². The van der Waals surface area contributed by atoms with Crippen LogP contribution in [0.15, 0.2) is 42.9 Å². The fraction of sp³-hybridized carbons (Fsp3) is 0.423. The number of nitrogens with one attached hydrogen (secondary N) is 1. The molecule has 3 heterocycles. The molecule has 0 radical (unpaired) electrons. The lowest BCUT2D eigenvalue weighted by atomic mass is 9.96. The first-order chi connectivity index (χ1) is 16.5. The average molecular weight is 458 g/mol. The lowest BCUT2D eigenvalue weighted by Crippen LogP contribution is -2.33. The molecule has 0 aliphatic carbocycles. The number of carbonyl (C=O) groups excluding carboxylic acids is 1. The standard InChI is InChI=1S/C26H31N7O/c1-4-19(13-27)12-24(34)20-7-9-21(10-8-20)25-18(2)14-28-26(31-25)30-22-15-29-33(16-22)23-6-5-11-32(3)17-23/h7-10,14-16,19,23H,4-6,11-12,17H2,1-3H3,(H,28,30,31)/t19-,23?/m1/s1. The van der Waals surface area contributed by atoms with Crippen LogP contribution in [-0.4, -0.2) is 50.6 Å². The van der Waals surface area contributed by atoms with Gasteiger partial charge in [-0.25, -0.2) is 9.97 Å². The van der Waals surface area contributed by atoms with E-state index in [0.29, 0.717) is 24.0 Å². The van der Waals surface area contributed by atoms with E-state index >= 15 is 0 Å². The fourth-order valence-corrected chi connectivity index (χ4v) is 4.32. The molecule has 1 aromatic carbocycles. The Morgan fingerprint density at radius 2 is 2.09 bits per heavy atom. The normalized spacial score (nSPS) is 17.2. The molecular formula is C26H31N7O. The van der Waals surface area contributed by atoms with Gasteiger partial charge in [-0.3, -0.25) is 9.48 Å². The summed E-state index contributed by atoms with van der Waals surface area (Å²) in [6.45, 7) is 6.03. The smallest absolute Gasteiger partial charge is 0.227 e. The molecule has 2 atom stereocenters. The van der Waals surface area contributed by atoms with Crippen molar-refractivity contribution in [2.24, 2.45) is 5.92 Å². The number of carbonyl (C=O) groups is 1. The lowest BCUT2D eigenvalue weighted by Gasteiger charge is -2.29. The first-order valence-electron chi connectivity index (χ1n) is 11.8. The Bertz CT molecular complexity index is 1180.